The highest BCUT2D eigenvalue weighted by molar-refractivity contribution is 5.37. The average Bonchev–Trinajstić information content (AvgIpc) is 2.44. The van der Waals surface area contributed by atoms with E-state index in [1.807, 2.05) is 6.07 Å². The molecule has 0 spiro atoms. The molecule has 0 aliphatic heterocycles. The third kappa shape index (κ3) is 5.87. The van der Waals surface area contributed by atoms with Crippen LogP contribution in [0.4, 0.5) is 5.82 Å². The molecule has 0 radical (unpaired) electrons. The number of aromatic nitrogens is 2. The van der Waals surface area contributed by atoms with Gasteiger partial charge < -0.3 is 15.0 Å². The minimum atomic E-state index is 0.398. The van der Waals surface area contributed by atoms with Gasteiger partial charge in [0.2, 0.25) is 5.88 Å². The van der Waals surface area contributed by atoms with Crippen molar-refractivity contribution in [3.05, 3.63) is 12.4 Å². The Morgan fingerprint density at radius 3 is 2.68 bits per heavy atom. The molecule has 0 bridgehead atoms. The van der Waals surface area contributed by atoms with Gasteiger partial charge in [0.25, 0.3) is 0 Å². The number of anilines is 1. The van der Waals surface area contributed by atoms with Crippen molar-refractivity contribution in [3.63, 3.8) is 0 Å². The third-order valence-corrected chi connectivity index (χ3v) is 3.25. The first-order chi connectivity index (χ1) is 9.19. The standard InChI is InChI=1S/C14H26N4O/c1-5-18(6-2)9-7-8-12(3)17-13-10-14(19-4)16-11-15-13/h10-12H,5-9H2,1-4H3,(H,15,16,17). The molecule has 0 aliphatic carbocycles. The summed E-state index contributed by atoms with van der Waals surface area (Å²) in [4.78, 5) is 10.6. The van der Waals surface area contributed by atoms with Gasteiger partial charge in [-0.15, -0.1) is 0 Å². The average molecular weight is 266 g/mol. The lowest BCUT2D eigenvalue weighted by Crippen LogP contribution is -2.25. The van der Waals surface area contributed by atoms with E-state index in [2.05, 4.69) is 41.0 Å². The molecule has 5 heteroatoms. The molecule has 1 unspecified atom stereocenters. The maximum absolute atomic E-state index is 5.08. The lowest BCUT2D eigenvalue weighted by Gasteiger charge is -2.20. The molecule has 0 saturated carbocycles. The van der Waals surface area contributed by atoms with Crippen LogP contribution in [-0.2, 0) is 0 Å². The van der Waals surface area contributed by atoms with E-state index in [9.17, 15) is 0 Å². The van der Waals surface area contributed by atoms with E-state index < -0.39 is 0 Å². The summed E-state index contributed by atoms with van der Waals surface area (Å²) in [6.45, 7) is 10.0. The zero-order valence-electron chi connectivity index (χ0n) is 12.5. The second-order valence-corrected chi connectivity index (χ2v) is 4.66. The predicted octanol–water partition coefficient (Wildman–Crippen LogP) is 2.41. The van der Waals surface area contributed by atoms with E-state index in [1.54, 1.807) is 7.11 Å². The summed E-state index contributed by atoms with van der Waals surface area (Å²) >= 11 is 0. The Balaban J connectivity index is 2.32. The van der Waals surface area contributed by atoms with Gasteiger partial charge in [-0.2, -0.15) is 0 Å². The van der Waals surface area contributed by atoms with Crippen LogP contribution in [0.5, 0.6) is 5.88 Å². The fourth-order valence-corrected chi connectivity index (χ4v) is 2.02. The van der Waals surface area contributed by atoms with Gasteiger partial charge in [0.15, 0.2) is 0 Å². The Hall–Kier alpha value is -1.36. The van der Waals surface area contributed by atoms with E-state index in [0.29, 0.717) is 11.9 Å². The van der Waals surface area contributed by atoms with Gasteiger partial charge in [-0.3, -0.25) is 0 Å². The van der Waals surface area contributed by atoms with Crippen molar-refractivity contribution < 1.29 is 4.74 Å². The number of methoxy groups -OCH3 is 1. The molecule has 108 valence electrons. The topological polar surface area (TPSA) is 50.3 Å². The Morgan fingerprint density at radius 1 is 1.32 bits per heavy atom. The minimum Gasteiger partial charge on any atom is -0.481 e. The molecule has 1 N–H and O–H groups in total. The molecule has 5 nitrogen and oxygen atoms in total. The second kappa shape index (κ2) is 8.69. The Morgan fingerprint density at radius 2 is 2.05 bits per heavy atom. The summed E-state index contributed by atoms with van der Waals surface area (Å²) in [5.74, 6) is 1.41. The zero-order chi connectivity index (χ0) is 14.1. The van der Waals surface area contributed by atoms with E-state index >= 15 is 0 Å². The SMILES string of the molecule is CCN(CC)CCCC(C)Nc1cc(OC)ncn1. The number of rotatable bonds is 9. The minimum absolute atomic E-state index is 0.398. The largest absolute Gasteiger partial charge is 0.481 e. The summed E-state index contributed by atoms with van der Waals surface area (Å²) in [5.41, 5.74) is 0. The van der Waals surface area contributed by atoms with Gasteiger partial charge in [-0.1, -0.05) is 13.8 Å². The van der Waals surface area contributed by atoms with Gasteiger partial charge >= 0.3 is 0 Å². The number of nitrogens with one attached hydrogen (secondary N) is 1. The summed E-state index contributed by atoms with van der Waals surface area (Å²) in [5, 5.41) is 3.38. The lowest BCUT2D eigenvalue weighted by molar-refractivity contribution is 0.295. The Kier molecular flexibility index (Phi) is 7.18. The number of hydrogen-bond acceptors (Lipinski definition) is 5. The van der Waals surface area contributed by atoms with Crippen molar-refractivity contribution in [2.24, 2.45) is 0 Å². The van der Waals surface area contributed by atoms with Crippen LogP contribution in [0.1, 0.15) is 33.6 Å². The summed E-state index contributed by atoms with van der Waals surface area (Å²) < 4.78 is 5.08. The molecule has 0 aliphatic rings. The molecular formula is C14H26N4O. The molecule has 1 rings (SSSR count). The molecule has 1 aromatic heterocycles. The van der Waals surface area contributed by atoms with Crippen LogP contribution < -0.4 is 10.1 Å². The van der Waals surface area contributed by atoms with E-state index in [-0.39, 0.29) is 0 Å². The Labute approximate surface area is 116 Å². The first kappa shape index (κ1) is 15.7. The quantitative estimate of drug-likeness (QED) is 0.744. The molecule has 0 amide bonds. The van der Waals surface area contributed by atoms with Gasteiger partial charge in [0, 0.05) is 12.1 Å². The van der Waals surface area contributed by atoms with Crippen molar-refractivity contribution in [2.75, 3.05) is 32.1 Å². The van der Waals surface area contributed by atoms with Crippen molar-refractivity contribution in [2.45, 2.75) is 39.7 Å². The number of ether oxygens (including phenoxy) is 1. The molecule has 1 aromatic rings. The second-order valence-electron chi connectivity index (χ2n) is 4.66. The monoisotopic (exact) mass is 266 g/mol. The fraction of sp³-hybridized carbons (Fsp3) is 0.714. The van der Waals surface area contributed by atoms with Crippen LogP contribution in [0.2, 0.25) is 0 Å². The van der Waals surface area contributed by atoms with Gasteiger partial charge in [0.05, 0.1) is 7.11 Å². The van der Waals surface area contributed by atoms with Crippen LogP contribution >= 0.6 is 0 Å². The zero-order valence-corrected chi connectivity index (χ0v) is 12.5. The molecule has 0 saturated heterocycles. The highest BCUT2D eigenvalue weighted by Crippen LogP contribution is 2.12. The van der Waals surface area contributed by atoms with Crippen molar-refractivity contribution in [1.29, 1.82) is 0 Å². The van der Waals surface area contributed by atoms with Gasteiger partial charge in [-0.25, -0.2) is 9.97 Å². The summed E-state index contributed by atoms with van der Waals surface area (Å²) in [7, 11) is 1.61. The smallest absolute Gasteiger partial charge is 0.218 e. The maximum Gasteiger partial charge on any atom is 0.218 e. The van der Waals surface area contributed by atoms with Crippen LogP contribution in [0.15, 0.2) is 12.4 Å². The van der Waals surface area contributed by atoms with Gasteiger partial charge in [0.1, 0.15) is 12.1 Å². The Bertz CT molecular complexity index is 355. The summed E-state index contributed by atoms with van der Waals surface area (Å²) in [6.07, 6.45) is 3.84. The highest BCUT2D eigenvalue weighted by Gasteiger charge is 2.06. The van der Waals surface area contributed by atoms with Crippen LogP contribution in [0.3, 0.4) is 0 Å². The molecule has 0 fully saturated rings. The molecule has 19 heavy (non-hydrogen) atoms. The van der Waals surface area contributed by atoms with Crippen molar-refractivity contribution in [1.82, 2.24) is 14.9 Å². The van der Waals surface area contributed by atoms with E-state index in [1.165, 1.54) is 12.7 Å². The molecule has 1 atom stereocenters. The molecular weight excluding hydrogens is 240 g/mol. The van der Waals surface area contributed by atoms with E-state index in [4.69, 9.17) is 4.74 Å². The van der Waals surface area contributed by atoms with E-state index in [0.717, 1.165) is 31.9 Å². The first-order valence-corrected chi connectivity index (χ1v) is 7.04. The van der Waals surface area contributed by atoms with Crippen LogP contribution in [-0.4, -0.2) is 47.7 Å². The number of nitrogens with zero attached hydrogens (tertiary/aromatic N) is 3. The van der Waals surface area contributed by atoms with Gasteiger partial charge in [-0.05, 0) is 39.4 Å². The highest BCUT2D eigenvalue weighted by atomic mass is 16.5. The molecule has 1 heterocycles. The van der Waals surface area contributed by atoms with Crippen LogP contribution in [0, 0.1) is 0 Å². The normalized spacial score (nSPS) is 12.5. The lowest BCUT2D eigenvalue weighted by atomic mass is 10.1. The fourth-order valence-electron chi connectivity index (χ4n) is 2.02. The maximum atomic E-state index is 5.08. The van der Waals surface area contributed by atoms with Crippen LogP contribution in [0.25, 0.3) is 0 Å². The van der Waals surface area contributed by atoms with Crippen molar-refractivity contribution in [3.8, 4) is 5.88 Å². The first-order valence-electron chi connectivity index (χ1n) is 7.04. The van der Waals surface area contributed by atoms with Crippen molar-refractivity contribution >= 4 is 5.82 Å². The predicted molar refractivity (Wildman–Crippen MR) is 78.7 cm³/mol. The third-order valence-electron chi connectivity index (χ3n) is 3.25. The summed E-state index contributed by atoms with van der Waals surface area (Å²) in [6, 6.07) is 2.22. The number of hydrogen-bond donors (Lipinski definition) is 1. The molecule has 0 aromatic carbocycles.